The Balaban J connectivity index is 3.42. The van der Waals surface area contributed by atoms with Gasteiger partial charge in [0.05, 0.1) is 10.5 Å². The molecular formula is C7H5Cl2NO3S. The molecule has 0 unspecified atom stereocenters. The summed E-state index contributed by atoms with van der Waals surface area (Å²) in [6, 6.07) is 5.50. The largest absolute Gasteiger partial charge is 0.276 e. The van der Waals surface area contributed by atoms with E-state index in [-0.39, 0.29) is 10.5 Å². The molecule has 1 aromatic carbocycles. The number of carbonyl (C=O) groups excluding carboxylic acids is 1. The lowest BCUT2D eigenvalue weighted by Gasteiger charge is -2.03. The fraction of sp³-hybridized carbons (Fsp3) is 0. The van der Waals surface area contributed by atoms with Crippen LogP contribution in [0.4, 0.5) is 0 Å². The predicted molar refractivity (Wildman–Crippen MR) is 52.8 cm³/mol. The zero-order chi connectivity index (χ0) is 10.8. The minimum Gasteiger partial charge on any atom is -0.276 e. The normalized spacial score (nSPS) is 11.3. The van der Waals surface area contributed by atoms with Gasteiger partial charge in [-0.15, -0.1) is 4.24 Å². The molecular weight excluding hydrogens is 249 g/mol. The summed E-state index contributed by atoms with van der Waals surface area (Å²) in [5.74, 6) is 0. The first-order valence-corrected chi connectivity index (χ1v) is 5.64. The minimum absolute atomic E-state index is 0.109. The quantitative estimate of drug-likeness (QED) is 0.656. The molecule has 14 heavy (non-hydrogen) atoms. The fourth-order valence-electron chi connectivity index (χ4n) is 0.905. The van der Waals surface area contributed by atoms with Crippen molar-refractivity contribution in [3.8, 4) is 0 Å². The Labute approximate surface area is 91.0 Å². The number of halogens is 2. The van der Waals surface area contributed by atoms with Gasteiger partial charge in [-0.2, -0.15) is 0 Å². The van der Waals surface area contributed by atoms with Crippen LogP contribution in [0.2, 0.25) is 0 Å². The molecule has 0 amide bonds. The van der Waals surface area contributed by atoms with Gasteiger partial charge >= 0.3 is 0 Å². The first-order chi connectivity index (χ1) is 6.49. The van der Waals surface area contributed by atoms with Crippen LogP contribution in [0.3, 0.4) is 0 Å². The second-order valence-electron chi connectivity index (χ2n) is 2.35. The van der Waals surface area contributed by atoms with Crippen LogP contribution >= 0.6 is 23.4 Å². The van der Waals surface area contributed by atoms with E-state index in [1.807, 2.05) is 0 Å². The molecule has 0 atom stereocenters. The second-order valence-corrected chi connectivity index (χ2v) is 4.76. The van der Waals surface area contributed by atoms with Crippen LogP contribution in [0.5, 0.6) is 0 Å². The summed E-state index contributed by atoms with van der Waals surface area (Å²) in [6.07, 6.45) is 0. The number of benzene rings is 1. The summed E-state index contributed by atoms with van der Waals surface area (Å²) < 4.78 is 24.1. The fourth-order valence-corrected chi connectivity index (χ4v) is 2.17. The van der Waals surface area contributed by atoms with E-state index in [9.17, 15) is 13.2 Å². The molecule has 0 heterocycles. The van der Waals surface area contributed by atoms with Gasteiger partial charge in [0.15, 0.2) is 0 Å². The van der Waals surface area contributed by atoms with E-state index in [0.717, 1.165) is 0 Å². The van der Waals surface area contributed by atoms with Crippen molar-refractivity contribution in [1.29, 1.82) is 0 Å². The van der Waals surface area contributed by atoms with Gasteiger partial charge in [-0.1, -0.05) is 12.1 Å². The van der Waals surface area contributed by atoms with Gasteiger partial charge in [0.2, 0.25) is 0 Å². The van der Waals surface area contributed by atoms with E-state index in [0.29, 0.717) is 0 Å². The maximum atomic E-state index is 11.3. The van der Waals surface area contributed by atoms with E-state index >= 15 is 0 Å². The molecule has 0 aliphatic rings. The molecule has 0 radical (unpaired) electrons. The van der Waals surface area contributed by atoms with Crippen molar-refractivity contribution in [3.05, 3.63) is 29.8 Å². The van der Waals surface area contributed by atoms with Crippen molar-refractivity contribution in [1.82, 2.24) is 4.24 Å². The molecule has 1 rings (SSSR count). The molecule has 0 spiro atoms. The van der Waals surface area contributed by atoms with E-state index in [4.69, 9.17) is 23.4 Å². The lowest BCUT2D eigenvalue weighted by molar-refractivity contribution is 0.107. The zero-order valence-corrected chi connectivity index (χ0v) is 9.03. The average molecular weight is 254 g/mol. The maximum absolute atomic E-state index is 11.3. The van der Waals surface area contributed by atoms with Crippen molar-refractivity contribution in [3.63, 3.8) is 0 Å². The van der Waals surface area contributed by atoms with Crippen LogP contribution in [0.15, 0.2) is 29.2 Å². The first-order valence-electron chi connectivity index (χ1n) is 3.40. The third-order valence-corrected chi connectivity index (χ3v) is 3.44. The highest BCUT2D eigenvalue weighted by molar-refractivity contribution is 7.90. The molecule has 0 aliphatic heterocycles. The van der Waals surface area contributed by atoms with Gasteiger partial charge in [-0.3, -0.25) is 4.79 Å². The average Bonchev–Trinajstić information content (AvgIpc) is 2.18. The summed E-state index contributed by atoms with van der Waals surface area (Å²) >= 11 is 10.2. The molecule has 1 N–H and O–H groups in total. The highest BCUT2D eigenvalue weighted by Gasteiger charge is 2.19. The lowest BCUT2D eigenvalue weighted by atomic mass is 10.2. The molecule has 76 valence electrons. The summed E-state index contributed by atoms with van der Waals surface area (Å²) in [6.45, 7) is 0. The Hall–Kier alpha value is -0.620. The minimum atomic E-state index is -3.86. The van der Waals surface area contributed by atoms with Gasteiger partial charge in [0.1, 0.15) is 0 Å². The monoisotopic (exact) mass is 253 g/mol. The van der Waals surface area contributed by atoms with Gasteiger partial charge < -0.3 is 0 Å². The van der Waals surface area contributed by atoms with Gasteiger partial charge in [0, 0.05) is 0 Å². The number of hydrogen-bond acceptors (Lipinski definition) is 3. The van der Waals surface area contributed by atoms with Crippen molar-refractivity contribution >= 4 is 38.6 Å². The van der Waals surface area contributed by atoms with Crippen LogP contribution in [0.1, 0.15) is 10.4 Å². The molecule has 0 aromatic heterocycles. The second kappa shape index (κ2) is 4.27. The Bertz CT molecular complexity index is 458. The van der Waals surface area contributed by atoms with Crippen LogP contribution in [0, 0.1) is 0 Å². The number of rotatable bonds is 3. The molecule has 0 saturated carbocycles. The van der Waals surface area contributed by atoms with Gasteiger partial charge in [-0.25, -0.2) is 8.42 Å². The van der Waals surface area contributed by atoms with E-state index in [2.05, 4.69) is 0 Å². The van der Waals surface area contributed by atoms with Gasteiger partial charge in [-0.05, 0) is 35.5 Å². The van der Waals surface area contributed by atoms with Crippen LogP contribution in [-0.4, -0.2) is 13.7 Å². The summed E-state index contributed by atoms with van der Waals surface area (Å²) in [5, 5.41) is -0.851. The Kier molecular flexibility index (Phi) is 3.49. The van der Waals surface area contributed by atoms with E-state index in [1.165, 1.54) is 24.3 Å². The third kappa shape index (κ3) is 2.24. The molecule has 0 fully saturated rings. The first kappa shape index (κ1) is 11.5. The van der Waals surface area contributed by atoms with E-state index in [1.54, 1.807) is 4.24 Å². The zero-order valence-electron chi connectivity index (χ0n) is 6.70. The molecule has 1 aromatic rings. The van der Waals surface area contributed by atoms with Crippen LogP contribution < -0.4 is 4.24 Å². The third-order valence-electron chi connectivity index (χ3n) is 1.49. The van der Waals surface area contributed by atoms with Crippen molar-refractivity contribution in [2.45, 2.75) is 4.90 Å². The van der Waals surface area contributed by atoms with Crippen molar-refractivity contribution in [2.24, 2.45) is 0 Å². The standard InChI is InChI=1S/C7H5Cl2NO3S/c8-7(11)5-3-1-2-4-6(5)14(12,13)10-9/h1-4,10H. The summed E-state index contributed by atoms with van der Waals surface area (Å²) in [5.41, 5.74) is -0.109. The highest BCUT2D eigenvalue weighted by Crippen LogP contribution is 2.17. The number of sulfonamides is 1. The molecule has 7 heteroatoms. The SMILES string of the molecule is O=C(Cl)c1ccccc1S(=O)(=O)NCl. The molecule has 0 bridgehead atoms. The summed E-state index contributed by atoms with van der Waals surface area (Å²) in [7, 11) is -3.86. The van der Waals surface area contributed by atoms with Gasteiger partial charge in [0.25, 0.3) is 15.3 Å². The molecule has 4 nitrogen and oxygen atoms in total. The maximum Gasteiger partial charge on any atom is 0.254 e. The number of carbonyl (C=O) groups is 1. The Morgan fingerprint density at radius 2 is 1.86 bits per heavy atom. The van der Waals surface area contributed by atoms with E-state index < -0.39 is 15.3 Å². The molecule has 0 aliphatic carbocycles. The lowest BCUT2D eigenvalue weighted by Crippen LogP contribution is -2.16. The topological polar surface area (TPSA) is 63.2 Å². The number of nitrogens with one attached hydrogen (secondary N) is 1. The number of hydrogen-bond donors (Lipinski definition) is 1. The van der Waals surface area contributed by atoms with Crippen LogP contribution in [-0.2, 0) is 10.0 Å². The highest BCUT2D eigenvalue weighted by atomic mass is 35.5. The van der Waals surface area contributed by atoms with Crippen molar-refractivity contribution < 1.29 is 13.2 Å². The van der Waals surface area contributed by atoms with Crippen LogP contribution in [0.25, 0.3) is 0 Å². The summed E-state index contributed by atoms with van der Waals surface area (Å²) in [4.78, 5) is 10.6. The predicted octanol–water partition coefficient (Wildman–Crippen LogP) is 1.50. The molecule has 0 saturated heterocycles. The van der Waals surface area contributed by atoms with Crippen molar-refractivity contribution in [2.75, 3.05) is 0 Å². The Morgan fingerprint density at radius 1 is 1.29 bits per heavy atom. The Morgan fingerprint density at radius 3 is 2.36 bits per heavy atom. The smallest absolute Gasteiger partial charge is 0.254 e.